The van der Waals surface area contributed by atoms with E-state index in [-0.39, 0.29) is 34.4 Å². The number of hydrogen-bond donors (Lipinski definition) is 2. The number of likely N-dealkylation sites (tertiary alicyclic amines) is 1. The summed E-state index contributed by atoms with van der Waals surface area (Å²) in [6, 6.07) is 18.2. The van der Waals surface area contributed by atoms with Crippen molar-refractivity contribution in [1.29, 1.82) is 0 Å². The first kappa shape index (κ1) is 30.3. The van der Waals surface area contributed by atoms with Crippen LogP contribution in [0.4, 0.5) is 11.4 Å². The molecule has 3 heterocycles. The van der Waals surface area contributed by atoms with Crippen molar-refractivity contribution in [3.05, 3.63) is 99.5 Å². The van der Waals surface area contributed by atoms with Crippen molar-refractivity contribution in [3.63, 3.8) is 0 Å². The summed E-state index contributed by atoms with van der Waals surface area (Å²) >= 11 is 1.78. The fourth-order valence-corrected chi connectivity index (χ4v) is 5.84. The lowest BCUT2D eigenvalue weighted by Crippen LogP contribution is -2.37. The number of anilines is 2. The fourth-order valence-electron chi connectivity index (χ4n) is 5.10. The molecule has 3 N–H and O–H groups in total. The summed E-state index contributed by atoms with van der Waals surface area (Å²) in [5.41, 5.74) is 8.44. The summed E-state index contributed by atoms with van der Waals surface area (Å²) in [5.74, 6) is 0.367. The van der Waals surface area contributed by atoms with Gasteiger partial charge in [0.1, 0.15) is 23.3 Å². The second kappa shape index (κ2) is 13.0. The highest BCUT2D eigenvalue weighted by Crippen LogP contribution is 2.34. The molecule has 2 aromatic carbocycles. The van der Waals surface area contributed by atoms with Crippen LogP contribution >= 0.6 is 11.3 Å². The van der Waals surface area contributed by atoms with Crippen LogP contribution in [0.5, 0.6) is 11.5 Å². The minimum absolute atomic E-state index is 0.0237. The van der Waals surface area contributed by atoms with Crippen LogP contribution in [0.25, 0.3) is 0 Å². The molecule has 5 rings (SSSR count). The smallest absolute Gasteiger partial charge is 0.255 e. The highest BCUT2D eigenvalue weighted by atomic mass is 32.1. The fraction of sp³-hybridized carbons (Fsp3) is 0.324. The van der Waals surface area contributed by atoms with Crippen LogP contribution in [0.15, 0.2) is 72.2 Å². The van der Waals surface area contributed by atoms with E-state index in [2.05, 4.69) is 53.5 Å². The van der Waals surface area contributed by atoms with Crippen molar-refractivity contribution >= 4 is 34.4 Å². The van der Waals surface area contributed by atoms with E-state index in [4.69, 9.17) is 15.2 Å². The molecule has 224 valence electrons. The van der Waals surface area contributed by atoms with Crippen LogP contribution in [0.3, 0.4) is 0 Å². The Morgan fingerprint density at radius 2 is 1.81 bits per heavy atom. The summed E-state index contributed by atoms with van der Waals surface area (Å²) in [5, 5.41) is 4.92. The second-order valence-corrected chi connectivity index (χ2v) is 12.8. The number of rotatable bonds is 9. The predicted octanol–water partition coefficient (Wildman–Crippen LogP) is 6.56. The standard InChI is InChI=1S/C34H38N4O4S/c1-34(2,3)23-9-12-27(29(20-23)42-25-14-17-38(18-15-25)21-26-6-5-19-43-26)32(39)31-30(28(35)13-16-36-31)37-33(40)22-7-10-24(41-4)11-8-22/h5-13,16,19-20,25H,14-15,17-18,21H2,1-4H3,(H2,35,36)(H,37,40). The molecule has 0 atom stereocenters. The van der Waals surface area contributed by atoms with Gasteiger partial charge in [0, 0.05) is 36.3 Å². The van der Waals surface area contributed by atoms with Crippen LogP contribution in [0.1, 0.15) is 70.5 Å². The average molecular weight is 599 g/mol. The molecule has 0 unspecified atom stereocenters. The minimum atomic E-state index is -0.412. The Balaban J connectivity index is 1.40. The monoisotopic (exact) mass is 598 g/mol. The Labute approximate surface area is 256 Å². The van der Waals surface area contributed by atoms with Gasteiger partial charge in [-0.1, -0.05) is 32.9 Å². The molecule has 1 saturated heterocycles. The third-order valence-corrected chi connectivity index (χ3v) is 8.53. The maximum Gasteiger partial charge on any atom is 0.255 e. The SMILES string of the molecule is COc1ccc(C(=O)Nc2c(N)ccnc2C(=O)c2ccc(C(C)(C)C)cc2OC2CCN(Cc3cccs3)CC2)cc1. The van der Waals surface area contributed by atoms with Crippen LogP contribution in [-0.2, 0) is 12.0 Å². The van der Waals surface area contributed by atoms with E-state index >= 15 is 0 Å². The normalized spacial score (nSPS) is 14.3. The zero-order chi connectivity index (χ0) is 30.6. The lowest BCUT2D eigenvalue weighted by atomic mass is 9.86. The van der Waals surface area contributed by atoms with Gasteiger partial charge in [0.05, 0.1) is 24.0 Å². The molecule has 0 spiro atoms. The first-order valence-electron chi connectivity index (χ1n) is 14.4. The summed E-state index contributed by atoms with van der Waals surface area (Å²) in [6.07, 6.45) is 3.17. The van der Waals surface area contributed by atoms with Gasteiger partial charge in [-0.15, -0.1) is 11.3 Å². The number of nitrogens with one attached hydrogen (secondary N) is 1. The lowest BCUT2D eigenvalue weighted by Gasteiger charge is -2.32. The highest BCUT2D eigenvalue weighted by molar-refractivity contribution is 7.09. The van der Waals surface area contributed by atoms with E-state index in [1.165, 1.54) is 11.1 Å². The molecule has 0 bridgehead atoms. The number of nitrogens with two attached hydrogens (primary N) is 1. The van der Waals surface area contributed by atoms with E-state index in [0.717, 1.165) is 38.0 Å². The zero-order valence-corrected chi connectivity index (χ0v) is 25.9. The van der Waals surface area contributed by atoms with Gasteiger partial charge >= 0.3 is 0 Å². The molecule has 0 saturated carbocycles. The first-order chi connectivity index (χ1) is 20.6. The number of piperidine rings is 1. The summed E-state index contributed by atoms with van der Waals surface area (Å²) in [7, 11) is 1.56. The van der Waals surface area contributed by atoms with Gasteiger partial charge in [0.2, 0.25) is 5.78 Å². The number of carbonyl (C=O) groups excluding carboxylic acids is 2. The number of nitrogen functional groups attached to an aromatic ring is 1. The van der Waals surface area contributed by atoms with Gasteiger partial charge in [0.15, 0.2) is 0 Å². The molecular weight excluding hydrogens is 560 g/mol. The molecule has 1 amide bonds. The average Bonchev–Trinajstić information content (AvgIpc) is 3.51. The molecule has 4 aromatic rings. The van der Waals surface area contributed by atoms with Gasteiger partial charge in [0.25, 0.3) is 5.91 Å². The summed E-state index contributed by atoms with van der Waals surface area (Å²) < 4.78 is 11.8. The first-order valence-corrected chi connectivity index (χ1v) is 15.3. The number of ketones is 1. The van der Waals surface area contributed by atoms with Gasteiger partial charge in [-0.3, -0.25) is 19.5 Å². The number of methoxy groups -OCH3 is 1. The number of nitrogens with zero attached hydrogens (tertiary/aromatic N) is 2. The molecule has 9 heteroatoms. The van der Waals surface area contributed by atoms with Crippen molar-refractivity contribution in [2.45, 2.75) is 51.7 Å². The van der Waals surface area contributed by atoms with Gasteiger partial charge in [-0.25, -0.2) is 0 Å². The Morgan fingerprint density at radius 3 is 2.47 bits per heavy atom. The van der Waals surface area contributed by atoms with Crippen molar-refractivity contribution in [3.8, 4) is 11.5 Å². The summed E-state index contributed by atoms with van der Waals surface area (Å²) in [6.45, 7) is 9.17. The topological polar surface area (TPSA) is 107 Å². The highest BCUT2D eigenvalue weighted by Gasteiger charge is 2.27. The van der Waals surface area contributed by atoms with Crippen LogP contribution < -0.4 is 20.5 Å². The van der Waals surface area contributed by atoms with E-state index < -0.39 is 5.91 Å². The van der Waals surface area contributed by atoms with Crippen molar-refractivity contribution in [2.75, 3.05) is 31.2 Å². The molecule has 8 nitrogen and oxygen atoms in total. The largest absolute Gasteiger partial charge is 0.497 e. The molecule has 0 aliphatic carbocycles. The second-order valence-electron chi connectivity index (χ2n) is 11.8. The van der Waals surface area contributed by atoms with Crippen LogP contribution in [-0.4, -0.2) is 47.9 Å². The van der Waals surface area contributed by atoms with Gasteiger partial charge in [-0.2, -0.15) is 0 Å². The number of pyridine rings is 1. The maximum absolute atomic E-state index is 14.1. The number of amides is 1. The van der Waals surface area contributed by atoms with Crippen molar-refractivity contribution in [1.82, 2.24) is 9.88 Å². The Kier molecular flexibility index (Phi) is 9.13. The van der Waals surface area contributed by atoms with E-state index in [0.29, 0.717) is 22.6 Å². The van der Waals surface area contributed by atoms with Crippen molar-refractivity contribution < 1.29 is 19.1 Å². The van der Waals surface area contributed by atoms with E-state index in [9.17, 15) is 9.59 Å². The summed E-state index contributed by atoms with van der Waals surface area (Å²) in [4.78, 5) is 35.4. The van der Waals surface area contributed by atoms with Crippen molar-refractivity contribution in [2.24, 2.45) is 0 Å². The quantitative estimate of drug-likeness (QED) is 0.210. The Hall–Kier alpha value is -4.21. The van der Waals surface area contributed by atoms with E-state index in [1.54, 1.807) is 54.8 Å². The third kappa shape index (κ3) is 7.24. The molecule has 0 radical (unpaired) electrons. The Morgan fingerprint density at radius 1 is 1.07 bits per heavy atom. The Bertz CT molecular complexity index is 1570. The predicted molar refractivity (Wildman–Crippen MR) is 171 cm³/mol. The van der Waals surface area contributed by atoms with E-state index in [1.807, 2.05) is 12.1 Å². The number of benzene rings is 2. The molecule has 1 fully saturated rings. The molecule has 1 aliphatic rings. The molecule has 43 heavy (non-hydrogen) atoms. The number of carbonyl (C=O) groups is 2. The number of aromatic nitrogens is 1. The molecular formula is C34H38N4O4S. The number of hydrogen-bond acceptors (Lipinski definition) is 8. The van der Waals surface area contributed by atoms with Crippen LogP contribution in [0.2, 0.25) is 0 Å². The number of thiophene rings is 1. The molecule has 2 aromatic heterocycles. The number of ether oxygens (including phenoxy) is 2. The third-order valence-electron chi connectivity index (χ3n) is 7.67. The maximum atomic E-state index is 14.1. The minimum Gasteiger partial charge on any atom is -0.497 e. The lowest BCUT2D eigenvalue weighted by molar-refractivity contribution is 0.0930. The van der Waals surface area contributed by atoms with Gasteiger partial charge in [-0.05, 0) is 77.7 Å². The van der Waals surface area contributed by atoms with Crippen LogP contribution in [0, 0.1) is 0 Å². The zero-order valence-electron chi connectivity index (χ0n) is 25.1. The molecule has 1 aliphatic heterocycles. The van der Waals surface area contributed by atoms with Gasteiger partial charge < -0.3 is 20.5 Å².